The lowest BCUT2D eigenvalue weighted by molar-refractivity contribution is 0.487. The fourth-order valence-corrected chi connectivity index (χ4v) is 2.44. The minimum absolute atomic E-state index is 0.183. The molecule has 1 saturated carbocycles. The zero-order chi connectivity index (χ0) is 14.0. The van der Waals surface area contributed by atoms with Crippen LogP contribution in [0.5, 0.6) is 0 Å². The smallest absolute Gasteiger partial charge is 0.315 e. The van der Waals surface area contributed by atoms with E-state index in [1.54, 1.807) is 0 Å². The SMILES string of the molecule is CNCc1nnc(NCC2(c3ccc(Cl)cc3)CC2)o1. The maximum atomic E-state index is 5.93. The van der Waals surface area contributed by atoms with Crippen LogP contribution in [0.15, 0.2) is 28.7 Å². The molecule has 20 heavy (non-hydrogen) atoms. The average molecular weight is 293 g/mol. The number of rotatable bonds is 6. The molecule has 0 saturated heterocycles. The Morgan fingerprint density at radius 1 is 1.25 bits per heavy atom. The van der Waals surface area contributed by atoms with E-state index in [0.717, 1.165) is 11.6 Å². The maximum absolute atomic E-state index is 5.93. The van der Waals surface area contributed by atoms with Crippen LogP contribution in [0.3, 0.4) is 0 Å². The lowest BCUT2D eigenvalue weighted by Crippen LogP contribution is -2.19. The van der Waals surface area contributed by atoms with Gasteiger partial charge in [-0.25, -0.2) is 0 Å². The summed E-state index contributed by atoms with van der Waals surface area (Å²) in [6, 6.07) is 8.55. The van der Waals surface area contributed by atoms with Crippen LogP contribution in [0.2, 0.25) is 5.02 Å². The van der Waals surface area contributed by atoms with Crippen molar-refractivity contribution < 1.29 is 4.42 Å². The fourth-order valence-electron chi connectivity index (χ4n) is 2.31. The molecule has 0 bridgehead atoms. The van der Waals surface area contributed by atoms with Gasteiger partial charge < -0.3 is 15.1 Å². The number of hydrogen-bond donors (Lipinski definition) is 2. The quantitative estimate of drug-likeness (QED) is 0.857. The summed E-state index contributed by atoms with van der Waals surface area (Å²) in [6.45, 7) is 1.38. The van der Waals surface area contributed by atoms with E-state index in [2.05, 4.69) is 33.0 Å². The molecule has 0 atom stereocenters. The van der Waals surface area contributed by atoms with E-state index >= 15 is 0 Å². The number of hydrogen-bond acceptors (Lipinski definition) is 5. The number of nitrogens with zero attached hydrogens (tertiary/aromatic N) is 2. The molecule has 1 aromatic carbocycles. The highest BCUT2D eigenvalue weighted by atomic mass is 35.5. The Morgan fingerprint density at radius 2 is 2.00 bits per heavy atom. The van der Waals surface area contributed by atoms with Gasteiger partial charge in [0.25, 0.3) is 0 Å². The minimum atomic E-state index is 0.183. The van der Waals surface area contributed by atoms with Crippen molar-refractivity contribution in [1.29, 1.82) is 0 Å². The number of benzene rings is 1. The van der Waals surface area contributed by atoms with Crippen molar-refractivity contribution in [2.75, 3.05) is 18.9 Å². The monoisotopic (exact) mass is 292 g/mol. The van der Waals surface area contributed by atoms with Crippen LogP contribution in [-0.2, 0) is 12.0 Å². The summed E-state index contributed by atoms with van der Waals surface area (Å²) in [5.41, 5.74) is 1.49. The van der Waals surface area contributed by atoms with Crippen LogP contribution >= 0.6 is 11.6 Å². The van der Waals surface area contributed by atoms with Crippen molar-refractivity contribution in [3.8, 4) is 0 Å². The van der Waals surface area contributed by atoms with Gasteiger partial charge in [0.05, 0.1) is 6.54 Å². The number of nitrogens with one attached hydrogen (secondary N) is 2. The van der Waals surface area contributed by atoms with Gasteiger partial charge in [0.15, 0.2) is 0 Å². The topological polar surface area (TPSA) is 63.0 Å². The van der Waals surface area contributed by atoms with Crippen LogP contribution in [0.4, 0.5) is 6.01 Å². The Labute approximate surface area is 122 Å². The van der Waals surface area contributed by atoms with E-state index in [-0.39, 0.29) is 5.41 Å². The van der Waals surface area contributed by atoms with E-state index in [0.29, 0.717) is 18.5 Å². The molecule has 1 fully saturated rings. The third-order valence-electron chi connectivity index (χ3n) is 3.68. The van der Waals surface area contributed by atoms with E-state index in [1.807, 2.05) is 19.2 Å². The standard InChI is InChI=1S/C14H17ClN4O/c1-16-8-12-18-19-13(20-12)17-9-14(6-7-14)10-2-4-11(15)5-3-10/h2-5,16H,6-9H2,1H3,(H,17,19). The molecule has 0 amide bonds. The van der Waals surface area contributed by atoms with Crippen molar-refractivity contribution in [2.24, 2.45) is 0 Å². The number of anilines is 1. The van der Waals surface area contributed by atoms with E-state index in [1.165, 1.54) is 18.4 Å². The highest BCUT2D eigenvalue weighted by Crippen LogP contribution is 2.48. The van der Waals surface area contributed by atoms with Gasteiger partial charge in [0, 0.05) is 17.0 Å². The molecule has 2 N–H and O–H groups in total. The molecule has 1 heterocycles. The summed E-state index contributed by atoms with van der Waals surface area (Å²) in [5.74, 6) is 0.589. The molecule has 1 aliphatic rings. The minimum Gasteiger partial charge on any atom is -0.407 e. The summed E-state index contributed by atoms with van der Waals surface area (Å²) in [7, 11) is 1.84. The Morgan fingerprint density at radius 3 is 2.65 bits per heavy atom. The largest absolute Gasteiger partial charge is 0.407 e. The summed E-state index contributed by atoms with van der Waals surface area (Å²) in [4.78, 5) is 0. The molecule has 0 spiro atoms. The molecule has 2 aromatic rings. The van der Waals surface area contributed by atoms with Crippen molar-refractivity contribution >= 4 is 17.6 Å². The van der Waals surface area contributed by atoms with Gasteiger partial charge in [-0.15, -0.1) is 5.10 Å². The average Bonchev–Trinajstić information content (AvgIpc) is 3.11. The Bertz CT molecular complexity index is 577. The highest BCUT2D eigenvalue weighted by molar-refractivity contribution is 6.30. The first-order valence-electron chi connectivity index (χ1n) is 6.69. The third kappa shape index (κ3) is 2.78. The maximum Gasteiger partial charge on any atom is 0.315 e. The zero-order valence-corrected chi connectivity index (χ0v) is 12.1. The second-order valence-electron chi connectivity index (χ2n) is 5.17. The van der Waals surface area contributed by atoms with E-state index in [4.69, 9.17) is 16.0 Å². The Balaban J connectivity index is 1.63. The van der Waals surface area contributed by atoms with Crippen LogP contribution in [0.25, 0.3) is 0 Å². The highest BCUT2D eigenvalue weighted by Gasteiger charge is 2.44. The molecule has 5 nitrogen and oxygen atoms in total. The van der Waals surface area contributed by atoms with Crippen LogP contribution in [0, 0.1) is 0 Å². The lowest BCUT2D eigenvalue weighted by Gasteiger charge is -2.15. The number of aromatic nitrogens is 2. The Hall–Kier alpha value is -1.59. The van der Waals surface area contributed by atoms with Crippen molar-refractivity contribution in [2.45, 2.75) is 24.8 Å². The predicted molar refractivity (Wildman–Crippen MR) is 77.9 cm³/mol. The van der Waals surface area contributed by atoms with Gasteiger partial charge in [-0.1, -0.05) is 28.8 Å². The summed E-state index contributed by atoms with van der Waals surface area (Å²) in [6.07, 6.45) is 2.33. The van der Waals surface area contributed by atoms with Crippen molar-refractivity contribution in [3.05, 3.63) is 40.7 Å². The van der Waals surface area contributed by atoms with Gasteiger partial charge in [-0.05, 0) is 37.6 Å². The lowest BCUT2D eigenvalue weighted by atomic mass is 9.96. The molecule has 3 rings (SSSR count). The third-order valence-corrected chi connectivity index (χ3v) is 3.93. The first-order chi connectivity index (χ1) is 9.72. The first-order valence-corrected chi connectivity index (χ1v) is 7.07. The first kappa shape index (κ1) is 13.4. The fraction of sp³-hybridized carbons (Fsp3) is 0.429. The molecule has 6 heteroatoms. The summed E-state index contributed by atoms with van der Waals surface area (Å²) >= 11 is 5.93. The van der Waals surface area contributed by atoms with E-state index < -0.39 is 0 Å². The Kier molecular flexibility index (Phi) is 3.63. The molecule has 0 unspecified atom stereocenters. The van der Waals surface area contributed by atoms with Crippen molar-refractivity contribution in [1.82, 2.24) is 15.5 Å². The van der Waals surface area contributed by atoms with Gasteiger partial charge in [0.2, 0.25) is 5.89 Å². The molecule has 106 valence electrons. The molecular formula is C14H17ClN4O. The normalized spacial score (nSPS) is 16.1. The molecular weight excluding hydrogens is 276 g/mol. The van der Waals surface area contributed by atoms with Gasteiger partial charge in [-0.2, -0.15) is 0 Å². The van der Waals surface area contributed by atoms with Crippen LogP contribution in [0.1, 0.15) is 24.3 Å². The number of halogens is 1. The predicted octanol–water partition coefficient (Wildman–Crippen LogP) is 2.59. The molecule has 0 aliphatic heterocycles. The van der Waals surface area contributed by atoms with Gasteiger partial charge >= 0.3 is 6.01 Å². The van der Waals surface area contributed by atoms with Gasteiger partial charge in [0.1, 0.15) is 0 Å². The second kappa shape index (κ2) is 5.42. The molecule has 1 aliphatic carbocycles. The molecule has 1 aromatic heterocycles. The second-order valence-corrected chi connectivity index (χ2v) is 5.61. The van der Waals surface area contributed by atoms with Gasteiger partial charge in [-0.3, -0.25) is 0 Å². The van der Waals surface area contributed by atoms with Crippen LogP contribution in [-0.4, -0.2) is 23.8 Å². The molecule has 0 radical (unpaired) electrons. The summed E-state index contributed by atoms with van der Waals surface area (Å²) in [5, 5.41) is 14.9. The summed E-state index contributed by atoms with van der Waals surface area (Å²) < 4.78 is 5.49. The zero-order valence-electron chi connectivity index (χ0n) is 11.3. The van der Waals surface area contributed by atoms with Crippen LogP contribution < -0.4 is 10.6 Å². The van der Waals surface area contributed by atoms with Crippen molar-refractivity contribution in [3.63, 3.8) is 0 Å². The van der Waals surface area contributed by atoms with E-state index in [9.17, 15) is 0 Å².